The lowest BCUT2D eigenvalue weighted by molar-refractivity contribution is 0.541. The minimum absolute atomic E-state index is 0.111. The average molecular weight is 267 g/mol. The van der Waals surface area contributed by atoms with Gasteiger partial charge in [0.15, 0.2) is 5.82 Å². The molecule has 0 fully saturated rings. The van der Waals surface area contributed by atoms with Gasteiger partial charge in [-0.15, -0.1) is 5.10 Å². The Bertz CT molecular complexity index is 541. The fraction of sp³-hybridized carbons (Fsp3) is 0.417. The largest absolute Gasteiger partial charge is 0.310 e. The van der Waals surface area contributed by atoms with E-state index in [1.807, 2.05) is 0 Å². The summed E-state index contributed by atoms with van der Waals surface area (Å²) in [6, 6.07) is 3.34. The SMILES string of the molecule is CCCNCc1nnnn1Cc1cc(F)ccc1F. The Labute approximate surface area is 109 Å². The number of benzene rings is 1. The van der Waals surface area contributed by atoms with Gasteiger partial charge < -0.3 is 5.32 Å². The third-order valence-electron chi connectivity index (χ3n) is 2.64. The first-order valence-electron chi connectivity index (χ1n) is 6.10. The predicted octanol–water partition coefficient (Wildman–Crippen LogP) is 1.50. The van der Waals surface area contributed by atoms with Crippen molar-refractivity contribution in [3.63, 3.8) is 0 Å². The zero-order valence-corrected chi connectivity index (χ0v) is 10.6. The van der Waals surface area contributed by atoms with Gasteiger partial charge in [-0.1, -0.05) is 6.92 Å². The molecule has 5 nitrogen and oxygen atoms in total. The molecular formula is C12H15F2N5. The molecule has 0 amide bonds. The van der Waals surface area contributed by atoms with E-state index in [-0.39, 0.29) is 12.1 Å². The summed E-state index contributed by atoms with van der Waals surface area (Å²) in [6.07, 6.45) is 1.00. The monoisotopic (exact) mass is 267 g/mol. The summed E-state index contributed by atoms with van der Waals surface area (Å²) in [5, 5.41) is 14.4. The summed E-state index contributed by atoms with van der Waals surface area (Å²) < 4.78 is 28.1. The van der Waals surface area contributed by atoms with E-state index in [4.69, 9.17) is 0 Å². The molecule has 2 rings (SSSR count). The lowest BCUT2D eigenvalue weighted by Gasteiger charge is -2.06. The van der Waals surface area contributed by atoms with Gasteiger partial charge in [-0.25, -0.2) is 13.5 Å². The molecule has 2 aromatic rings. The van der Waals surface area contributed by atoms with Crippen molar-refractivity contribution in [2.24, 2.45) is 0 Å². The number of tetrazole rings is 1. The van der Waals surface area contributed by atoms with Crippen LogP contribution in [0.3, 0.4) is 0 Å². The minimum Gasteiger partial charge on any atom is -0.310 e. The number of nitrogens with one attached hydrogen (secondary N) is 1. The second-order valence-corrected chi connectivity index (χ2v) is 4.17. The van der Waals surface area contributed by atoms with Gasteiger partial charge in [-0.05, 0) is 41.6 Å². The summed E-state index contributed by atoms with van der Waals surface area (Å²) in [6.45, 7) is 3.51. The lowest BCUT2D eigenvalue weighted by atomic mass is 10.2. The molecule has 1 aromatic carbocycles. The first-order chi connectivity index (χ1) is 9.20. The zero-order chi connectivity index (χ0) is 13.7. The number of aromatic nitrogens is 4. The normalized spacial score (nSPS) is 10.9. The third-order valence-corrected chi connectivity index (χ3v) is 2.64. The van der Waals surface area contributed by atoms with Gasteiger partial charge in [0, 0.05) is 5.56 Å². The number of hydrogen-bond acceptors (Lipinski definition) is 4. The summed E-state index contributed by atoms with van der Waals surface area (Å²) in [5.41, 5.74) is 0.226. The number of rotatable bonds is 6. The highest BCUT2D eigenvalue weighted by Crippen LogP contribution is 2.11. The van der Waals surface area contributed by atoms with Crippen LogP contribution in [-0.4, -0.2) is 26.8 Å². The second-order valence-electron chi connectivity index (χ2n) is 4.17. The first kappa shape index (κ1) is 13.5. The predicted molar refractivity (Wildman–Crippen MR) is 65.3 cm³/mol. The third kappa shape index (κ3) is 3.54. The van der Waals surface area contributed by atoms with Crippen LogP contribution in [0.25, 0.3) is 0 Å². The van der Waals surface area contributed by atoms with Gasteiger partial charge in [0.2, 0.25) is 0 Å². The number of nitrogens with zero attached hydrogens (tertiary/aromatic N) is 4. The van der Waals surface area contributed by atoms with Crippen molar-refractivity contribution in [3.8, 4) is 0 Å². The molecule has 1 N–H and O–H groups in total. The Hall–Kier alpha value is -1.89. The molecule has 0 radical (unpaired) electrons. The van der Waals surface area contributed by atoms with Crippen LogP contribution in [0.1, 0.15) is 24.7 Å². The van der Waals surface area contributed by atoms with Gasteiger partial charge >= 0.3 is 0 Å². The van der Waals surface area contributed by atoms with E-state index in [0.29, 0.717) is 12.4 Å². The molecule has 0 saturated heterocycles. The average Bonchev–Trinajstić information content (AvgIpc) is 2.82. The van der Waals surface area contributed by atoms with Gasteiger partial charge in [0.1, 0.15) is 11.6 Å². The first-order valence-corrected chi connectivity index (χ1v) is 6.10. The lowest BCUT2D eigenvalue weighted by Crippen LogP contribution is -2.19. The summed E-state index contributed by atoms with van der Waals surface area (Å²) in [4.78, 5) is 0. The Morgan fingerprint density at radius 2 is 2.16 bits per heavy atom. The van der Waals surface area contributed by atoms with E-state index in [0.717, 1.165) is 31.2 Å². The smallest absolute Gasteiger partial charge is 0.165 e. The van der Waals surface area contributed by atoms with E-state index in [9.17, 15) is 8.78 Å². The van der Waals surface area contributed by atoms with Crippen molar-refractivity contribution in [3.05, 3.63) is 41.2 Å². The topological polar surface area (TPSA) is 55.6 Å². The maximum atomic E-state index is 13.5. The molecule has 0 bridgehead atoms. The molecule has 0 saturated carbocycles. The Morgan fingerprint density at radius 3 is 2.95 bits per heavy atom. The van der Waals surface area contributed by atoms with E-state index in [1.54, 1.807) is 0 Å². The molecule has 0 aliphatic rings. The van der Waals surface area contributed by atoms with Crippen molar-refractivity contribution in [1.82, 2.24) is 25.5 Å². The maximum Gasteiger partial charge on any atom is 0.165 e. The van der Waals surface area contributed by atoms with Crippen molar-refractivity contribution in [2.45, 2.75) is 26.4 Å². The van der Waals surface area contributed by atoms with Crippen LogP contribution in [0.15, 0.2) is 18.2 Å². The van der Waals surface area contributed by atoms with Crippen molar-refractivity contribution < 1.29 is 8.78 Å². The molecule has 7 heteroatoms. The number of hydrogen-bond donors (Lipinski definition) is 1. The molecule has 1 heterocycles. The van der Waals surface area contributed by atoms with E-state index in [2.05, 4.69) is 27.8 Å². The van der Waals surface area contributed by atoms with Gasteiger partial charge in [-0.2, -0.15) is 0 Å². The number of halogens is 2. The minimum atomic E-state index is -0.477. The quantitative estimate of drug-likeness (QED) is 0.806. The fourth-order valence-corrected chi connectivity index (χ4v) is 1.68. The summed E-state index contributed by atoms with van der Waals surface area (Å²) in [7, 11) is 0. The van der Waals surface area contributed by atoms with Crippen LogP contribution in [0, 0.1) is 11.6 Å². The fourth-order valence-electron chi connectivity index (χ4n) is 1.68. The zero-order valence-electron chi connectivity index (χ0n) is 10.6. The summed E-state index contributed by atoms with van der Waals surface area (Å²) in [5.74, 6) is -0.350. The molecule has 0 aliphatic carbocycles. The van der Waals surface area contributed by atoms with Crippen molar-refractivity contribution in [2.75, 3.05) is 6.54 Å². The highest BCUT2D eigenvalue weighted by molar-refractivity contribution is 5.19. The highest BCUT2D eigenvalue weighted by Gasteiger charge is 2.10. The molecule has 0 aliphatic heterocycles. The maximum absolute atomic E-state index is 13.5. The van der Waals surface area contributed by atoms with Crippen molar-refractivity contribution in [1.29, 1.82) is 0 Å². The second kappa shape index (κ2) is 6.33. The van der Waals surface area contributed by atoms with E-state index < -0.39 is 11.6 Å². The van der Waals surface area contributed by atoms with Gasteiger partial charge in [0.25, 0.3) is 0 Å². The van der Waals surface area contributed by atoms with Gasteiger partial charge in [0.05, 0.1) is 13.1 Å². The van der Waals surface area contributed by atoms with E-state index >= 15 is 0 Å². The van der Waals surface area contributed by atoms with Crippen LogP contribution in [-0.2, 0) is 13.1 Å². The van der Waals surface area contributed by atoms with Crippen LogP contribution in [0.4, 0.5) is 8.78 Å². The molecule has 0 atom stereocenters. The van der Waals surface area contributed by atoms with Crippen molar-refractivity contribution >= 4 is 0 Å². The highest BCUT2D eigenvalue weighted by atomic mass is 19.1. The van der Waals surface area contributed by atoms with Crippen LogP contribution in [0.2, 0.25) is 0 Å². The Balaban J connectivity index is 2.10. The molecule has 1 aromatic heterocycles. The molecule has 19 heavy (non-hydrogen) atoms. The van der Waals surface area contributed by atoms with Gasteiger partial charge in [-0.3, -0.25) is 0 Å². The Morgan fingerprint density at radius 1 is 1.32 bits per heavy atom. The van der Waals surface area contributed by atoms with Crippen LogP contribution in [0.5, 0.6) is 0 Å². The van der Waals surface area contributed by atoms with E-state index in [1.165, 1.54) is 4.68 Å². The molecule has 0 spiro atoms. The molecule has 102 valence electrons. The molecule has 0 unspecified atom stereocenters. The van der Waals surface area contributed by atoms with Crippen LogP contribution >= 0.6 is 0 Å². The molecular weight excluding hydrogens is 252 g/mol. The Kier molecular flexibility index (Phi) is 4.51. The van der Waals surface area contributed by atoms with Crippen LogP contribution < -0.4 is 5.32 Å². The standard InChI is InChI=1S/C12H15F2N5/c1-2-5-15-7-12-16-17-18-19(12)8-9-6-10(13)3-4-11(9)14/h3-4,6,15H,2,5,7-8H2,1H3. The summed E-state index contributed by atoms with van der Waals surface area (Å²) >= 11 is 0.